The van der Waals surface area contributed by atoms with E-state index in [1.165, 1.54) is 31.2 Å². The van der Waals surface area contributed by atoms with Gasteiger partial charge in [-0.1, -0.05) is 43.2 Å². The van der Waals surface area contributed by atoms with E-state index in [9.17, 15) is 4.79 Å². The number of hydrogen-bond acceptors (Lipinski definition) is 2. The van der Waals surface area contributed by atoms with Gasteiger partial charge in [0.15, 0.2) is 0 Å². The smallest absolute Gasteiger partial charge is 0.407 e. The van der Waals surface area contributed by atoms with Crippen molar-refractivity contribution in [3.8, 4) is 0 Å². The van der Waals surface area contributed by atoms with E-state index < -0.39 is 0 Å². The van der Waals surface area contributed by atoms with Crippen LogP contribution in [0.15, 0.2) is 30.3 Å². The molecule has 0 unspecified atom stereocenters. The largest absolute Gasteiger partial charge is 0.450 e. The third-order valence-electron chi connectivity index (χ3n) is 3.70. The molecule has 1 N–H and O–H groups in total. The summed E-state index contributed by atoms with van der Waals surface area (Å²) >= 11 is 0. The van der Waals surface area contributed by atoms with E-state index in [0.717, 1.165) is 19.4 Å². The van der Waals surface area contributed by atoms with Crippen LogP contribution in [0.1, 0.15) is 37.7 Å². The highest BCUT2D eigenvalue weighted by atomic mass is 16.5. The van der Waals surface area contributed by atoms with Gasteiger partial charge in [-0.3, -0.25) is 0 Å². The van der Waals surface area contributed by atoms with Gasteiger partial charge in [-0.25, -0.2) is 4.79 Å². The van der Waals surface area contributed by atoms with E-state index >= 15 is 0 Å². The first-order valence-corrected chi connectivity index (χ1v) is 7.29. The summed E-state index contributed by atoms with van der Waals surface area (Å²) in [5.41, 5.74) is 1.29. The highest BCUT2D eigenvalue weighted by molar-refractivity contribution is 5.67. The molecule has 1 aliphatic carbocycles. The monoisotopic (exact) mass is 261 g/mol. The number of amides is 1. The van der Waals surface area contributed by atoms with Crippen molar-refractivity contribution in [3.63, 3.8) is 0 Å². The summed E-state index contributed by atoms with van der Waals surface area (Å²) < 4.78 is 5.17. The molecule has 0 radical (unpaired) electrons. The zero-order valence-corrected chi connectivity index (χ0v) is 11.4. The number of rotatable bonds is 6. The van der Waals surface area contributed by atoms with Gasteiger partial charge in [-0.05, 0) is 37.2 Å². The first-order chi connectivity index (χ1) is 9.34. The van der Waals surface area contributed by atoms with Crippen molar-refractivity contribution in [2.24, 2.45) is 5.92 Å². The van der Waals surface area contributed by atoms with Crippen molar-refractivity contribution in [1.29, 1.82) is 0 Å². The third-order valence-corrected chi connectivity index (χ3v) is 3.70. The Morgan fingerprint density at radius 1 is 1.21 bits per heavy atom. The second-order valence-corrected chi connectivity index (χ2v) is 5.26. The summed E-state index contributed by atoms with van der Waals surface area (Å²) in [5, 5.41) is 2.86. The summed E-state index contributed by atoms with van der Waals surface area (Å²) in [4.78, 5) is 11.5. The average molecular weight is 261 g/mol. The molecule has 104 valence electrons. The molecule has 0 saturated heterocycles. The molecule has 3 heteroatoms. The second kappa shape index (κ2) is 7.82. The molecule has 0 spiro atoms. The molecule has 2 rings (SSSR count). The first-order valence-electron chi connectivity index (χ1n) is 7.29. The van der Waals surface area contributed by atoms with Crippen LogP contribution in [0, 0.1) is 5.92 Å². The van der Waals surface area contributed by atoms with Crippen LogP contribution in [-0.2, 0) is 11.2 Å². The molecule has 0 bridgehead atoms. The van der Waals surface area contributed by atoms with E-state index in [0.29, 0.717) is 12.5 Å². The SMILES string of the molecule is O=C(NCC1CCCC1)OCCCc1ccccc1. The fourth-order valence-corrected chi connectivity index (χ4v) is 2.58. The van der Waals surface area contributed by atoms with Crippen LogP contribution < -0.4 is 5.32 Å². The molecule has 0 aliphatic heterocycles. The molecule has 3 nitrogen and oxygen atoms in total. The summed E-state index contributed by atoms with van der Waals surface area (Å²) in [5.74, 6) is 0.664. The lowest BCUT2D eigenvalue weighted by Gasteiger charge is -2.11. The van der Waals surface area contributed by atoms with Crippen molar-refractivity contribution in [1.82, 2.24) is 5.32 Å². The minimum atomic E-state index is -0.264. The maximum Gasteiger partial charge on any atom is 0.407 e. The van der Waals surface area contributed by atoms with Gasteiger partial charge in [0.1, 0.15) is 0 Å². The van der Waals surface area contributed by atoms with Crippen molar-refractivity contribution < 1.29 is 9.53 Å². The lowest BCUT2D eigenvalue weighted by atomic mass is 10.1. The van der Waals surface area contributed by atoms with E-state index in [1.54, 1.807) is 0 Å². The molecule has 0 atom stereocenters. The summed E-state index contributed by atoms with van der Waals surface area (Å²) in [6, 6.07) is 10.3. The maximum atomic E-state index is 11.5. The first kappa shape index (κ1) is 13.9. The van der Waals surface area contributed by atoms with E-state index in [1.807, 2.05) is 18.2 Å². The highest BCUT2D eigenvalue weighted by Crippen LogP contribution is 2.23. The fourth-order valence-electron chi connectivity index (χ4n) is 2.58. The highest BCUT2D eigenvalue weighted by Gasteiger charge is 2.15. The number of carbonyl (C=O) groups is 1. The van der Waals surface area contributed by atoms with Gasteiger partial charge in [0.2, 0.25) is 0 Å². The van der Waals surface area contributed by atoms with Gasteiger partial charge in [-0.15, -0.1) is 0 Å². The Bertz CT molecular complexity index is 372. The zero-order chi connectivity index (χ0) is 13.3. The zero-order valence-electron chi connectivity index (χ0n) is 11.4. The maximum absolute atomic E-state index is 11.5. The van der Waals surface area contributed by atoms with Crippen LogP contribution in [0.2, 0.25) is 0 Å². The van der Waals surface area contributed by atoms with Gasteiger partial charge >= 0.3 is 6.09 Å². The Morgan fingerprint density at radius 2 is 1.95 bits per heavy atom. The number of nitrogens with one attached hydrogen (secondary N) is 1. The van der Waals surface area contributed by atoms with Crippen LogP contribution in [0.25, 0.3) is 0 Å². The summed E-state index contributed by atoms with van der Waals surface area (Å²) in [7, 11) is 0. The predicted molar refractivity (Wildman–Crippen MR) is 76.1 cm³/mol. The van der Waals surface area contributed by atoms with E-state index in [-0.39, 0.29) is 6.09 Å². The van der Waals surface area contributed by atoms with Crippen LogP contribution in [-0.4, -0.2) is 19.2 Å². The lowest BCUT2D eigenvalue weighted by Crippen LogP contribution is -2.29. The Balaban J connectivity index is 1.51. The normalized spacial score (nSPS) is 15.4. The Labute approximate surface area is 115 Å². The number of aryl methyl sites for hydroxylation is 1. The second-order valence-electron chi connectivity index (χ2n) is 5.26. The van der Waals surface area contributed by atoms with Crippen LogP contribution >= 0.6 is 0 Å². The number of carbonyl (C=O) groups excluding carboxylic acids is 1. The Kier molecular flexibility index (Phi) is 5.73. The molecule has 0 heterocycles. The Hall–Kier alpha value is -1.51. The van der Waals surface area contributed by atoms with E-state index in [4.69, 9.17) is 4.74 Å². The summed E-state index contributed by atoms with van der Waals surface area (Å²) in [6.07, 6.45) is 6.66. The molecular formula is C16H23NO2. The molecule has 0 aromatic heterocycles. The standard InChI is InChI=1S/C16H23NO2/c18-16(17-13-15-9-4-5-10-15)19-12-6-11-14-7-2-1-3-8-14/h1-3,7-8,15H,4-6,9-13H2,(H,17,18). The number of hydrogen-bond donors (Lipinski definition) is 1. The van der Waals surface area contributed by atoms with Crippen molar-refractivity contribution >= 4 is 6.09 Å². The number of benzene rings is 1. The van der Waals surface area contributed by atoms with Gasteiger partial charge in [0.05, 0.1) is 6.61 Å². The Morgan fingerprint density at radius 3 is 2.68 bits per heavy atom. The molecular weight excluding hydrogens is 238 g/mol. The van der Waals surface area contributed by atoms with Gasteiger partial charge < -0.3 is 10.1 Å². The molecule has 1 fully saturated rings. The molecule has 1 saturated carbocycles. The van der Waals surface area contributed by atoms with Gasteiger partial charge in [0, 0.05) is 6.54 Å². The minimum Gasteiger partial charge on any atom is -0.450 e. The van der Waals surface area contributed by atoms with Crippen LogP contribution in [0.3, 0.4) is 0 Å². The van der Waals surface area contributed by atoms with Crippen molar-refractivity contribution in [2.45, 2.75) is 38.5 Å². The van der Waals surface area contributed by atoms with Gasteiger partial charge in [0.25, 0.3) is 0 Å². The van der Waals surface area contributed by atoms with Crippen LogP contribution in [0.5, 0.6) is 0 Å². The number of ether oxygens (including phenoxy) is 1. The molecule has 1 aromatic rings. The molecule has 1 amide bonds. The van der Waals surface area contributed by atoms with Crippen LogP contribution in [0.4, 0.5) is 4.79 Å². The van der Waals surface area contributed by atoms with Crippen molar-refractivity contribution in [2.75, 3.05) is 13.2 Å². The molecule has 19 heavy (non-hydrogen) atoms. The fraction of sp³-hybridized carbons (Fsp3) is 0.562. The van der Waals surface area contributed by atoms with Crippen molar-refractivity contribution in [3.05, 3.63) is 35.9 Å². The number of alkyl carbamates (subject to hydrolysis) is 1. The van der Waals surface area contributed by atoms with E-state index in [2.05, 4.69) is 17.4 Å². The lowest BCUT2D eigenvalue weighted by molar-refractivity contribution is 0.143. The van der Waals surface area contributed by atoms with Gasteiger partial charge in [-0.2, -0.15) is 0 Å². The average Bonchev–Trinajstić information content (AvgIpc) is 2.96. The topological polar surface area (TPSA) is 38.3 Å². The summed E-state index contributed by atoms with van der Waals surface area (Å²) in [6.45, 7) is 1.27. The minimum absolute atomic E-state index is 0.264. The third kappa shape index (κ3) is 5.33. The molecule has 1 aliphatic rings. The predicted octanol–water partition coefficient (Wildman–Crippen LogP) is 3.54. The molecule has 1 aromatic carbocycles. The quantitative estimate of drug-likeness (QED) is 0.795.